The summed E-state index contributed by atoms with van der Waals surface area (Å²) in [6.45, 7) is 2.29. The zero-order valence-electron chi connectivity index (χ0n) is 12.3. The summed E-state index contributed by atoms with van der Waals surface area (Å²) in [6.07, 6.45) is 4.59. The van der Waals surface area contributed by atoms with E-state index in [0.717, 1.165) is 30.5 Å². The Morgan fingerprint density at radius 2 is 2.05 bits per heavy atom. The minimum atomic E-state index is -1.07. The summed E-state index contributed by atoms with van der Waals surface area (Å²) < 4.78 is 1.71. The van der Waals surface area contributed by atoms with Gasteiger partial charge in [0.25, 0.3) is 0 Å². The quantitative estimate of drug-likeness (QED) is 0.829. The number of carbonyl (C=O) groups is 2. The summed E-state index contributed by atoms with van der Waals surface area (Å²) in [5.74, 6) is -1.94. The lowest BCUT2D eigenvalue weighted by Crippen LogP contribution is -2.45. The molecular weight excluding hydrogens is 270 g/mol. The number of hydrogen-bond donors (Lipinski definition) is 1. The number of aryl methyl sites for hydroxylation is 2. The number of aliphatic carboxylic acids is 1. The van der Waals surface area contributed by atoms with Crippen molar-refractivity contribution in [1.82, 2.24) is 15.1 Å². The number of fused-ring (bicyclic) bond motifs is 2. The summed E-state index contributed by atoms with van der Waals surface area (Å²) in [4.78, 5) is 23.7. The fourth-order valence-electron chi connectivity index (χ4n) is 4.13. The lowest BCUT2D eigenvalue weighted by molar-refractivity contribution is -0.314. The van der Waals surface area contributed by atoms with Gasteiger partial charge in [-0.05, 0) is 38.0 Å². The molecule has 0 aliphatic heterocycles. The molecule has 1 aromatic heterocycles. The minimum Gasteiger partial charge on any atom is -0.550 e. The normalized spacial score (nSPS) is 30.6. The standard InChI is InChI=1S/C15H21N3O3/c1-8-11(7-18(2)17-8)6-16-14(19)12-9-3-4-10(5-9)13(12)15(20)21/h7,9-10,12-13H,3-6H2,1-2H3,(H,16,19)(H,20,21)/p-1/t9-,10+,12+,13+/m1/s1. The van der Waals surface area contributed by atoms with Gasteiger partial charge in [-0.15, -0.1) is 0 Å². The Labute approximate surface area is 123 Å². The molecule has 1 aromatic rings. The second-order valence-corrected chi connectivity index (χ2v) is 6.34. The summed E-state index contributed by atoms with van der Waals surface area (Å²) in [7, 11) is 1.83. The molecule has 1 heterocycles. The monoisotopic (exact) mass is 290 g/mol. The maximum absolute atomic E-state index is 12.4. The van der Waals surface area contributed by atoms with E-state index in [0.29, 0.717) is 6.54 Å². The van der Waals surface area contributed by atoms with Gasteiger partial charge in [0.1, 0.15) is 0 Å². The van der Waals surface area contributed by atoms with Crippen LogP contribution in [0.5, 0.6) is 0 Å². The van der Waals surface area contributed by atoms with Crippen molar-refractivity contribution in [3.8, 4) is 0 Å². The van der Waals surface area contributed by atoms with Gasteiger partial charge in [0, 0.05) is 43.2 Å². The van der Waals surface area contributed by atoms with Crippen molar-refractivity contribution in [2.45, 2.75) is 32.7 Å². The maximum atomic E-state index is 12.4. The Bertz CT molecular complexity index is 581. The number of aromatic nitrogens is 2. The van der Waals surface area contributed by atoms with Gasteiger partial charge < -0.3 is 15.2 Å². The second-order valence-electron chi connectivity index (χ2n) is 6.34. The van der Waals surface area contributed by atoms with Gasteiger partial charge in [0.15, 0.2) is 0 Å². The van der Waals surface area contributed by atoms with Gasteiger partial charge in [-0.3, -0.25) is 9.48 Å². The van der Waals surface area contributed by atoms with E-state index in [1.165, 1.54) is 0 Å². The molecule has 2 aliphatic rings. The molecule has 1 N–H and O–H groups in total. The van der Waals surface area contributed by atoms with E-state index in [1.54, 1.807) is 4.68 Å². The smallest absolute Gasteiger partial charge is 0.224 e. The van der Waals surface area contributed by atoms with Crippen LogP contribution >= 0.6 is 0 Å². The average Bonchev–Trinajstić information content (AvgIpc) is 3.09. The molecule has 2 fully saturated rings. The first-order valence-corrected chi connectivity index (χ1v) is 7.45. The topological polar surface area (TPSA) is 87.0 Å². The average molecular weight is 290 g/mol. The highest BCUT2D eigenvalue weighted by Crippen LogP contribution is 2.52. The Hall–Kier alpha value is -1.85. The largest absolute Gasteiger partial charge is 0.550 e. The third-order valence-electron chi connectivity index (χ3n) is 5.06. The molecule has 6 heteroatoms. The lowest BCUT2D eigenvalue weighted by Gasteiger charge is -2.30. The lowest BCUT2D eigenvalue weighted by atomic mass is 9.78. The van der Waals surface area contributed by atoms with Crippen molar-refractivity contribution < 1.29 is 14.7 Å². The first-order chi connectivity index (χ1) is 9.97. The first kappa shape index (κ1) is 14.1. The Morgan fingerprint density at radius 3 is 2.62 bits per heavy atom. The fourth-order valence-corrected chi connectivity index (χ4v) is 4.13. The number of nitrogens with zero attached hydrogens (tertiary/aromatic N) is 2. The van der Waals surface area contributed by atoms with Crippen molar-refractivity contribution in [2.24, 2.45) is 30.7 Å². The fraction of sp³-hybridized carbons (Fsp3) is 0.667. The SMILES string of the molecule is Cc1nn(C)cc1CNC(=O)[C@H]1[C@@H]2CC[C@@H](C2)[C@@H]1C(=O)[O-]. The van der Waals surface area contributed by atoms with Gasteiger partial charge in [-0.2, -0.15) is 5.10 Å². The Morgan fingerprint density at radius 1 is 1.38 bits per heavy atom. The van der Waals surface area contributed by atoms with Crippen LogP contribution in [-0.2, 0) is 23.2 Å². The summed E-state index contributed by atoms with van der Waals surface area (Å²) >= 11 is 0. The van der Waals surface area contributed by atoms with Crippen LogP contribution in [0, 0.1) is 30.6 Å². The molecule has 4 atom stereocenters. The molecule has 0 unspecified atom stereocenters. The van der Waals surface area contributed by atoms with E-state index in [4.69, 9.17) is 0 Å². The molecule has 0 aromatic carbocycles. The first-order valence-electron chi connectivity index (χ1n) is 7.45. The molecular formula is C15H20N3O3-. The van der Waals surface area contributed by atoms with Crippen molar-refractivity contribution in [2.75, 3.05) is 0 Å². The van der Waals surface area contributed by atoms with Crippen molar-refractivity contribution in [1.29, 1.82) is 0 Å². The Kier molecular flexibility index (Phi) is 3.47. The molecule has 2 aliphatic carbocycles. The van der Waals surface area contributed by atoms with Crippen molar-refractivity contribution >= 4 is 11.9 Å². The molecule has 1 amide bonds. The van der Waals surface area contributed by atoms with Gasteiger partial charge in [-0.1, -0.05) is 0 Å². The predicted octanol–water partition coefficient (Wildman–Crippen LogP) is -0.243. The molecule has 0 radical (unpaired) electrons. The van der Waals surface area contributed by atoms with E-state index < -0.39 is 17.8 Å². The molecule has 2 bridgehead atoms. The van der Waals surface area contributed by atoms with Gasteiger partial charge in [-0.25, -0.2) is 0 Å². The number of carboxylic acids is 1. The predicted molar refractivity (Wildman–Crippen MR) is 72.6 cm³/mol. The van der Waals surface area contributed by atoms with E-state index in [-0.39, 0.29) is 17.7 Å². The van der Waals surface area contributed by atoms with Crippen LogP contribution in [0.3, 0.4) is 0 Å². The number of amides is 1. The molecule has 0 spiro atoms. The van der Waals surface area contributed by atoms with Gasteiger partial charge in [0.2, 0.25) is 5.91 Å². The third-order valence-corrected chi connectivity index (χ3v) is 5.06. The van der Waals surface area contributed by atoms with Crippen LogP contribution < -0.4 is 10.4 Å². The number of rotatable bonds is 4. The summed E-state index contributed by atoms with van der Waals surface area (Å²) in [5.41, 5.74) is 1.83. The zero-order valence-corrected chi connectivity index (χ0v) is 12.3. The maximum Gasteiger partial charge on any atom is 0.224 e. The van der Waals surface area contributed by atoms with E-state index in [1.807, 2.05) is 20.2 Å². The van der Waals surface area contributed by atoms with Crippen LogP contribution in [0.25, 0.3) is 0 Å². The van der Waals surface area contributed by atoms with Crippen LogP contribution in [0.15, 0.2) is 6.20 Å². The molecule has 3 rings (SSSR count). The Balaban J connectivity index is 1.67. The zero-order chi connectivity index (χ0) is 15.1. The van der Waals surface area contributed by atoms with Crippen molar-refractivity contribution in [3.63, 3.8) is 0 Å². The number of carboxylic acid groups (broad SMARTS) is 1. The molecule has 2 saturated carbocycles. The minimum absolute atomic E-state index is 0.121. The molecule has 21 heavy (non-hydrogen) atoms. The van der Waals surface area contributed by atoms with E-state index in [2.05, 4.69) is 10.4 Å². The van der Waals surface area contributed by atoms with E-state index >= 15 is 0 Å². The van der Waals surface area contributed by atoms with Crippen LogP contribution in [0.2, 0.25) is 0 Å². The highest BCUT2D eigenvalue weighted by atomic mass is 16.4. The highest BCUT2D eigenvalue weighted by molar-refractivity contribution is 5.85. The summed E-state index contributed by atoms with van der Waals surface area (Å²) in [6, 6.07) is 0. The number of carbonyl (C=O) groups excluding carboxylic acids is 2. The van der Waals surface area contributed by atoms with E-state index in [9.17, 15) is 14.7 Å². The van der Waals surface area contributed by atoms with Crippen LogP contribution in [0.4, 0.5) is 0 Å². The second kappa shape index (κ2) is 5.16. The molecule has 114 valence electrons. The summed E-state index contributed by atoms with van der Waals surface area (Å²) in [5, 5.41) is 18.4. The van der Waals surface area contributed by atoms with Crippen LogP contribution in [0.1, 0.15) is 30.5 Å². The van der Waals surface area contributed by atoms with Crippen LogP contribution in [-0.4, -0.2) is 21.7 Å². The van der Waals surface area contributed by atoms with Crippen molar-refractivity contribution in [3.05, 3.63) is 17.5 Å². The van der Waals surface area contributed by atoms with Gasteiger partial charge in [0.05, 0.1) is 5.69 Å². The third kappa shape index (κ3) is 2.43. The van der Waals surface area contributed by atoms with Gasteiger partial charge >= 0.3 is 0 Å². The highest BCUT2D eigenvalue weighted by Gasteiger charge is 2.51. The molecule has 6 nitrogen and oxygen atoms in total. The molecule has 0 saturated heterocycles. The number of hydrogen-bond acceptors (Lipinski definition) is 4. The number of nitrogens with one attached hydrogen (secondary N) is 1.